The number of nitrogens with zero attached hydrogens (tertiary/aromatic N) is 4. The zero-order valence-electron chi connectivity index (χ0n) is 13.1. The number of ether oxygens (including phenoxy) is 1. The van der Waals surface area contributed by atoms with Crippen molar-refractivity contribution in [3.8, 4) is 5.75 Å². The Morgan fingerprint density at radius 1 is 1.09 bits per heavy atom. The van der Waals surface area contributed by atoms with Gasteiger partial charge in [-0.1, -0.05) is 50.3 Å². The summed E-state index contributed by atoms with van der Waals surface area (Å²) in [6.07, 6.45) is 4.02. The summed E-state index contributed by atoms with van der Waals surface area (Å²) in [7, 11) is 1.66. The van der Waals surface area contributed by atoms with Crippen molar-refractivity contribution >= 4 is 28.4 Å². The van der Waals surface area contributed by atoms with Crippen LogP contribution in [0.1, 0.15) is 37.2 Å². The second-order valence-electron chi connectivity index (χ2n) is 6.01. The molecule has 22 heavy (non-hydrogen) atoms. The first-order valence-electron chi connectivity index (χ1n) is 7.02. The molecular formula is C16H18N4OS. The summed E-state index contributed by atoms with van der Waals surface area (Å²) >= 11 is 1.53. The lowest BCUT2D eigenvalue weighted by atomic mass is 9.96. The highest BCUT2D eigenvalue weighted by molar-refractivity contribution is 7.17. The molecule has 0 saturated carbocycles. The molecule has 0 aliphatic carbocycles. The minimum atomic E-state index is -0.0789. The number of methoxy groups -OCH3 is 1. The molecule has 0 bridgehead atoms. The van der Waals surface area contributed by atoms with Crippen LogP contribution in [-0.4, -0.2) is 26.9 Å². The average Bonchev–Trinajstić information content (AvgIpc) is 3.04. The number of fused-ring (bicyclic) bond motifs is 1. The van der Waals surface area contributed by atoms with Gasteiger partial charge < -0.3 is 4.74 Å². The van der Waals surface area contributed by atoms with Crippen LogP contribution in [-0.2, 0) is 5.41 Å². The van der Waals surface area contributed by atoms with E-state index in [4.69, 9.17) is 4.74 Å². The molecule has 0 aliphatic rings. The van der Waals surface area contributed by atoms with Gasteiger partial charge in [0.25, 0.3) is 0 Å². The van der Waals surface area contributed by atoms with Gasteiger partial charge in [0, 0.05) is 5.41 Å². The topological polar surface area (TPSA) is 52.3 Å². The van der Waals surface area contributed by atoms with Crippen molar-refractivity contribution in [2.75, 3.05) is 7.11 Å². The van der Waals surface area contributed by atoms with E-state index >= 15 is 0 Å². The Hall–Kier alpha value is -2.21. The predicted molar refractivity (Wildman–Crippen MR) is 89.3 cm³/mol. The predicted octanol–water partition coefficient (Wildman–Crippen LogP) is 3.66. The molecule has 0 aliphatic heterocycles. The van der Waals surface area contributed by atoms with Gasteiger partial charge in [-0.3, -0.25) is 0 Å². The Morgan fingerprint density at radius 3 is 2.45 bits per heavy atom. The molecule has 6 heteroatoms. The number of benzene rings is 1. The van der Waals surface area contributed by atoms with Crippen molar-refractivity contribution in [2.45, 2.75) is 26.2 Å². The molecule has 0 amide bonds. The summed E-state index contributed by atoms with van der Waals surface area (Å²) in [5.41, 5.74) is 1.02. The van der Waals surface area contributed by atoms with Crippen LogP contribution in [0.25, 0.3) is 17.1 Å². The van der Waals surface area contributed by atoms with Crippen LogP contribution in [0.5, 0.6) is 5.75 Å². The third-order valence-corrected chi connectivity index (χ3v) is 4.08. The molecule has 0 atom stereocenters. The van der Waals surface area contributed by atoms with Crippen LogP contribution in [0.15, 0.2) is 24.3 Å². The second kappa shape index (κ2) is 5.53. The van der Waals surface area contributed by atoms with Gasteiger partial charge in [0.1, 0.15) is 10.8 Å². The van der Waals surface area contributed by atoms with Crippen LogP contribution in [0.4, 0.5) is 0 Å². The van der Waals surface area contributed by atoms with E-state index in [1.54, 1.807) is 7.11 Å². The Balaban J connectivity index is 1.87. The third kappa shape index (κ3) is 2.87. The molecule has 5 nitrogen and oxygen atoms in total. The van der Waals surface area contributed by atoms with Gasteiger partial charge in [0.05, 0.1) is 7.11 Å². The van der Waals surface area contributed by atoms with Crippen molar-refractivity contribution in [3.05, 3.63) is 40.7 Å². The number of hydrogen-bond acceptors (Lipinski definition) is 5. The fourth-order valence-corrected chi connectivity index (χ4v) is 2.79. The Kier molecular flexibility index (Phi) is 3.70. The van der Waals surface area contributed by atoms with E-state index < -0.39 is 0 Å². The molecule has 3 rings (SSSR count). The van der Waals surface area contributed by atoms with Crippen molar-refractivity contribution < 1.29 is 4.74 Å². The maximum atomic E-state index is 5.15. The molecule has 2 aromatic heterocycles. The van der Waals surface area contributed by atoms with Crippen LogP contribution in [0, 0.1) is 0 Å². The second-order valence-corrected chi connectivity index (χ2v) is 7.00. The van der Waals surface area contributed by atoms with Crippen LogP contribution >= 0.6 is 11.3 Å². The summed E-state index contributed by atoms with van der Waals surface area (Å²) in [5, 5.41) is 13.9. The van der Waals surface area contributed by atoms with Gasteiger partial charge in [-0.05, 0) is 23.8 Å². The third-order valence-electron chi connectivity index (χ3n) is 3.21. The minimum absolute atomic E-state index is 0.0789. The minimum Gasteiger partial charge on any atom is -0.497 e. The fraction of sp³-hybridized carbons (Fsp3) is 0.312. The largest absolute Gasteiger partial charge is 0.497 e. The van der Waals surface area contributed by atoms with Gasteiger partial charge in [0.15, 0.2) is 5.82 Å². The summed E-state index contributed by atoms with van der Waals surface area (Å²) < 4.78 is 6.99. The monoisotopic (exact) mass is 314 g/mol. The molecule has 0 unspecified atom stereocenters. The Labute approximate surface area is 133 Å². The normalized spacial score (nSPS) is 12.4. The summed E-state index contributed by atoms with van der Waals surface area (Å²) in [4.78, 5) is 0.819. The molecule has 0 N–H and O–H groups in total. The van der Waals surface area contributed by atoms with Crippen molar-refractivity contribution in [2.24, 2.45) is 0 Å². The van der Waals surface area contributed by atoms with Crippen molar-refractivity contribution in [3.63, 3.8) is 0 Å². The standard InChI is InChI=1S/C16H18N4OS/c1-16(2,3)14-17-18-15-20(14)19-13(22-15)10-7-11-5-8-12(21-4)9-6-11/h5-10H,1-4H3. The number of rotatable bonds is 3. The molecule has 0 spiro atoms. The van der Waals surface area contributed by atoms with Gasteiger partial charge in [-0.15, -0.1) is 10.2 Å². The van der Waals surface area contributed by atoms with Gasteiger partial charge >= 0.3 is 0 Å². The van der Waals surface area contributed by atoms with Gasteiger partial charge in [0.2, 0.25) is 4.96 Å². The molecule has 1 aromatic carbocycles. The van der Waals surface area contributed by atoms with Crippen molar-refractivity contribution in [1.29, 1.82) is 0 Å². The van der Waals surface area contributed by atoms with E-state index in [9.17, 15) is 0 Å². The Morgan fingerprint density at radius 2 is 1.82 bits per heavy atom. The van der Waals surface area contributed by atoms with E-state index in [0.29, 0.717) is 0 Å². The lowest BCUT2D eigenvalue weighted by molar-refractivity contribution is 0.415. The van der Waals surface area contributed by atoms with E-state index in [1.165, 1.54) is 11.3 Å². The zero-order valence-corrected chi connectivity index (χ0v) is 13.9. The first-order chi connectivity index (χ1) is 10.5. The summed E-state index contributed by atoms with van der Waals surface area (Å²) in [6.45, 7) is 6.32. The van der Waals surface area contributed by atoms with Crippen molar-refractivity contribution in [1.82, 2.24) is 19.8 Å². The smallest absolute Gasteiger partial charge is 0.234 e. The zero-order chi connectivity index (χ0) is 15.7. The summed E-state index contributed by atoms with van der Waals surface area (Å²) in [6, 6.07) is 7.90. The number of aromatic nitrogens is 4. The average molecular weight is 314 g/mol. The van der Waals surface area contributed by atoms with E-state index in [2.05, 4.69) is 36.1 Å². The van der Waals surface area contributed by atoms with Gasteiger partial charge in [-0.25, -0.2) is 0 Å². The molecule has 2 heterocycles. The Bertz CT molecular complexity index is 809. The highest BCUT2D eigenvalue weighted by Gasteiger charge is 2.22. The lowest BCUT2D eigenvalue weighted by Crippen LogP contribution is -2.16. The number of hydrogen-bond donors (Lipinski definition) is 0. The molecule has 0 saturated heterocycles. The molecule has 0 fully saturated rings. The maximum Gasteiger partial charge on any atom is 0.234 e. The summed E-state index contributed by atoms with van der Waals surface area (Å²) in [5.74, 6) is 1.73. The van der Waals surface area contributed by atoms with E-state index in [0.717, 1.165) is 27.1 Å². The van der Waals surface area contributed by atoms with E-state index in [1.807, 2.05) is 40.9 Å². The highest BCUT2D eigenvalue weighted by atomic mass is 32.1. The molecule has 3 aromatic rings. The quantitative estimate of drug-likeness (QED) is 0.740. The highest BCUT2D eigenvalue weighted by Crippen LogP contribution is 2.24. The lowest BCUT2D eigenvalue weighted by Gasteiger charge is -2.13. The van der Waals surface area contributed by atoms with Crippen LogP contribution < -0.4 is 4.74 Å². The van der Waals surface area contributed by atoms with Gasteiger partial charge in [-0.2, -0.15) is 9.61 Å². The fourth-order valence-electron chi connectivity index (χ4n) is 2.05. The molecular weight excluding hydrogens is 296 g/mol. The first kappa shape index (κ1) is 14.7. The van der Waals surface area contributed by atoms with Crippen LogP contribution in [0.2, 0.25) is 0 Å². The first-order valence-corrected chi connectivity index (χ1v) is 7.84. The molecule has 114 valence electrons. The SMILES string of the molecule is COc1ccc(C=Cc2nn3c(C(C)(C)C)nnc3s2)cc1. The van der Waals surface area contributed by atoms with Crippen LogP contribution in [0.3, 0.4) is 0 Å². The maximum absolute atomic E-state index is 5.15. The van der Waals surface area contributed by atoms with E-state index in [-0.39, 0.29) is 5.41 Å². The molecule has 0 radical (unpaired) electrons.